The van der Waals surface area contributed by atoms with Gasteiger partial charge in [-0.15, -0.1) is 0 Å². The molecule has 6 nitrogen and oxygen atoms in total. The van der Waals surface area contributed by atoms with Gasteiger partial charge >= 0.3 is 5.97 Å². The number of carbonyl (C=O) groups is 2. The quantitative estimate of drug-likeness (QED) is 0.793. The highest BCUT2D eigenvalue weighted by atomic mass is 32.2. The van der Waals surface area contributed by atoms with Gasteiger partial charge in [0, 0.05) is 11.8 Å². The summed E-state index contributed by atoms with van der Waals surface area (Å²) < 4.78 is 23.6. The van der Waals surface area contributed by atoms with Crippen LogP contribution in [0.1, 0.15) is 40.1 Å². The fourth-order valence-electron chi connectivity index (χ4n) is 2.09. The fraction of sp³-hybridized carbons (Fsp3) is 0.455. The van der Waals surface area contributed by atoms with Gasteiger partial charge in [-0.2, -0.15) is 0 Å². The molecule has 0 bridgehead atoms. The lowest BCUT2D eigenvalue weighted by Crippen LogP contribution is -2.35. The smallest absolute Gasteiger partial charge is 0.352 e. The minimum Gasteiger partial charge on any atom is -0.477 e. The highest BCUT2D eigenvalue weighted by Crippen LogP contribution is 2.23. The van der Waals surface area contributed by atoms with Crippen LogP contribution in [-0.2, 0) is 9.84 Å². The molecule has 98 valence electrons. The molecule has 1 aromatic heterocycles. The summed E-state index contributed by atoms with van der Waals surface area (Å²) in [6.07, 6.45) is 2.84. The molecule has 1 atom stereocenters. The van der Waals surface area contributed by atoms with Crippen molar-refractivity contribution >= 4 is 21.6 Å². The summed E-state index contributed by atoms with van der Waals surface area (Å²) in [7, 11) is -3.39. The third-order valence-corrected chi connectivity index (χ3v) is 5.24. The summed E-state index contributed by atoms with van der Waals surface area (Å²) in [4.78, 5) is 25.2. The minimum absolute atomic E-state index is 0.0274. The van der Waals surface area contributed by atoms with Crippen molar-refractivity contribution in [2.75, 3.05) is 5.75 Å². The number of aromatic nitrogens is 1. The number of hydrogen-bond donors (Lipinski definition) is 2. The van der Waals surface area contributed by atoms with Crippen LogP contribution in [0.2, 0.25) is 0 Å². The van der Waals surface area contributed by atoms with Gasteiger partial charge in [-0.05, 0) is 18.9 Å². The Kier molecular flexibility index (Phi) is 3.25. The standard InChI is InChI=1S/C11H13NO5S/c13-10(7-5-8(11(14)15)12-6-7)9-3-1-2-4-18(9,16)17/h5-6,9,12H,1-4H2,(H,14,15). The molecule has 0 amide bonds. The zero-order valence-corrected chi connectivity index (χ0v) is 10.4. The van der Waals surface area contributed by atoms with Crippen LogP contribution >= 0.6 is 0 Å². The Morgan fingerprint density at radius 2 is 2.06 bits per heavy atom. The molecule has 7 heteroatoms. The molecule has 0 radical (unpaired) electrons. The van der Waals surface area contributed by atoms with E-state index in [4.69, 9.17) is 5.11 Å². The zero-order valence-electron chi connectivity index (χ0n) is 9.55. The maximum absolute atomic E-state index is 12.1. The fourth-order valence-corrected chi connectivity index (χ4v) is 3.97. The second-order valence-corrected chi connectivity index (χ2v) is 6.63. The van der Waals surface area contributed by atoms with E-state index in [1.807, 2.05) is 0 Å². The lowest BCUT2D eigenvalue weighted by Gasteiger charge is -2.20. The number of aromatic carboxylic acids is 1. The summed E-state index contributed by atoms with van der Waals surface area (Å²) in [6.45, 7) is 0. The Hall–Kier alpha value is -1.63. The summed E-state index contributed by atoms with van der Waals surface area (Å²) in [6, 6.07) is 1.18. The van der Waals surface area contributed by atoms with Crippen molar-refractivity contribution in [2.45, 2.75) is 24.5 Å². The molecule has 18 heavy (non-hydrogen) atoms. The number of rotatable bonds is 3. The number of aromatic amines is 1. The van der Waals surface area contributed by atoms with Crippen LogP contribution in [0.25, 0.3) is 0 Å². The Morgan fingerprint density at radius 1 is 1.33 bits per heavy atom. The largest absolute Gasteiger partial charge is 0.477 e. The number of carboxylic acids is 1. The predicted molar refractivity (Wildman–Crippen MR) is 63.5 cm³/mol. The molecule has 1 fully saturated rings. The molecule has 2 rings (SSSR count). The monoisotopic (exact) mass is 271 g/mol. The summed E-state index contributed by atoms with van der Waals surface area (Å²) in [5, 5.41) is 7.71. The first-order valence-electron chi connectivity index (χ1n) is 5.59. The van der Waals surface area contributed by atoms with Crippen LogP contribution in [0.4, 0.5) is 0 Å². The van der Waals surface area contributed by atoms with Crippen molar-refractivity contribution in [1.29, 1.82) is 0 Å². The highest BCUT2D eigenvalue weighted by Gasteiger charge is 2.35. The first-order valence-corrected chi connectivity index (χ1v) is 7.31. The maximum Gasteiger partial charge on any atom is 0.352 e. The van der Waals surface area contributed by atoms with Crippen molar-refractivity contribution in [1.82, 2.24) is 4.98 Å². The maximum atomic E-state index is 12.1. The van der Waals surface area contributed by atoms with Crippen molar-refractivity contribution in [3.63, 3.8) is 0 Å². The number of carboxylic acid groups (broad SMARTS) is 1. The van der Waals surface area contributed by atoms with Gasteiger partial charge in [-0.3, -0.25) is 4.79 Å². The van der Waals surface area contributed by atoms with Gasteiger partial charge in [0.05, 0.1) is 5.75 Å². The van der Waals surface area contributed by atoms with E-state index in [2.05, 4.69) is 4.98 Å². The number of nitrogens with one attached hydrogen (secondary N) is 1. The number of ketones is 1. The van der Waals surface area contributed by atoms with E-state index in [-0.39, 0.29) is 17.0 Å². The van der Waals surface area contributed by atoms with Crippen LogP contribution in [0.15, 0.2) is 12.3 Å². The Bertz CT molecular complexity index is 586. The normalized spacial score (nSPS) is 22.6. The number of H-pyrrole nitrogens is 1. The molecule has 2 heterocycles. The van der Waals surface area contributed by atoms with E-state index in [0.29, 0.717) is 19.3 Å². The molecule has 0 spiro atoms. The Morgan fingerprint density at radius 3 is 2.61 bits per heavy atom. The topological polar surface area (TPSA) is 104 Å². The lowest BCUT2D eigenvalue weighted by atomic mass is 10.1. The van der Waals surface area contributed by atoms with Crippen LogP contribution < -0.4 is 0 Å². The van der Waals surface area contributed by atoms with Gasteiger partial charge in [0.2, 0.25) is 0 Å². The Balaban J connectivity index is 2.27. The van der Waals surface area contributed by atoms with E-state index in [1.165, 1.54) is 12.3 Å². The molecule has 1 aliphatic rings. The number of hydrogen-bond acceptors (Lipinski definition) is 4. The predicted octanol–water partition coefficient (Wildman–Crippen LogP) is 0.863. The molecule has 0 saturated carbocycles. The molecule has 2 N–H and O–H groups in total. The third-order valence-electron chi connectivity index (χ3n) is 3.07. The minimum atomic E-state index is -3.39. The van der Waals surface area contributed by atoms with Crippen molar-refractivity contribution in [3.8, 4) is 0 Å². The summed E-state index contributed by atoms with van der Waals surface area (Å²) in [5.41, 5.74) is -0.00516. The van der Waals surface area contributed by atoms with Crippen LogP contribution in [0.5, 0.6) is 0 Å². The first kappa shape index (κ1) is 12.8. The molecule has 1 saturated heterocycles. The average Bonchev–Trinajstić information content (AvgIpc) is 2.77. The van der Waals surface area contributed by atoms with Gasteiger partial charge in [-0.1, -0.05) is 6.42 Å². The second-order valence-electron chi connectivity index (χ2n) is 4.32. The zero-order chi connectivity index (χ0) is 13.3. The molecule has 1 unspecified atom stereocenters. The SMILES string of the molecule is O=C(O)c1cc(C(=O)C2CCCCS2(=O)=O)c[nH]1. The molecule has 0 aliphatic carbocycles. The summed E-state index contributed by atoms with van der Waals surface area (Å²) >= 11 is 0. The Labute approximate surface area is 104 Å². The van der Waals surface area contributed by atoms with Crippen LogP contribution in [-0.4, -0.2) is 41.3 Å². The van der Waals surface area contributed by atoms with Crippen molar-refractivity contribution < 1.29 is 23.1 Å². The van der Waals surface area contributed by atoms with E-state index < -0.39 is 26.8 Å². The lowest BCUT2D eigenvalue weighted by molar-refractivity contribution is 0.0691. The van der Waals surface area contributed by atoms with Crippen LogP contribution in [0, 0.1) is 0 Å². The number of carbonyl (C=O) groups excluding carboxylic acids is 1. The second kappa shape index (κ2) is 4.56. The third kappa shape index (κ3) is 2.31. The van der Waals surface area contributed by atoms with Gasteiger partial charge < -0.3 is 10.1 Å². The average molecular weight is 271 g/mol. The molecular formula is C11H13NO5S. The molecular weight excluding hydrogens is 258 g/mol. The van der Waals surface area contributed by atoms with Crippen molar-refractivity contribution in [3.05, 3.63) is 23.5 Å². The van der Waals surface area contributed by atoms with E-state index >= 15 is 0 Å². The molecule has 0 aromatic carbocycles. The highest BCUT2D eigenvalue weighted by molar-refractivity contribution is 7.92. The van der Waals surface area contributed by atoms with E-state index in [1.54, 1.807) is 0 Å². The number of Topliss-reactive ketones (excluding diaryl/α,β-unsaturated/α-hetero) is 1. The first-order chi connectivity index (χ1) is 8.42. The van der Waals surface area contributed by atoms with Gasteiger partial charge in [0.15, 0.2) is 15.6 Å². The van der Waals surface area contributed by atoms with Crippen LogP contribution in [0.3, 0.4) is 0 Å². The van der Waals surface area contributed by atoms with Gasteiger partial charge in [0.1, 0.15) is 10.9 Å². The molecule has 1 aromatic rings. The molecule has 1 aliphatic heterocycles. The van der Waals surface area contributed by atoms with Gasteiger partial charge in [0.25, 0.3) is 0 Å². The van der Waals surface area contributed by atoms with Gasteiger partial charge in [-0.25, -0.2) is 13.2 Å². The van der Waals surface area contributed by atoms with E-state index in [9.17, 15) is 18.0 Å². The van der Waals surface area contributed by atoms with Crippen molar-refractivity contribution in [2.24, 2.45) is 0 Å². The van der Waals surface area contributed by atoms with E-state index in [0.717, 1.165) is 0 Å². The summed E-state index contributed by atoms with van der Waals surface area (Å²) in [5.74, 6) is -1.67. The number of sulfone groups is 1.